The summed E-state index contributed by atoms with van der Waals surface area (Å²) in [4.78, 5) is 12.3. The van der Waals surface area contributed by atoms with Gasteiger partial charge in [-0.1, -0.05) is 78.0 Å². The van der Waals surface area contributed by atoms with Gasteiger partial charge in [0.25, 0.3) is 5.91 Å². The molecule has 4 rings (SSSR count). The minimum Gasteiger partial charge on any atom is -0.490 e. The van der Waals surface area contributed by atoms with Crippen molar-refractivity contribution in [2.24, 2.45) is 5.92 Å². The minimum absolute atomic E-state index is 0.175. The number of fused-ring (bicyclic) bond motifs is 1. The van der Waals surface area contributed by atoms with E-state index in [1.807, 2.05) is 12.1 Å². The SMILES string of the molecule is [B]c1cc(/C=C2/SC(=S)NC2=O)ccc1OCC1=C2C=CC=CC2CC=C1. The number of rotatable bonds is 4. The lowest BCUT2D eigenvalue weighted by atomic mass is 9.84. The molecule has 132 valence electrons. The topological polar surface area (TPSA) is 38.3 Å². The van der Waals surface area contributed by atoms with Crippen LogP contribution in [-0.2, 0) is 4.79 Å². The molecule has 3 aliphatic rings. The fraction of sp³-hybridized carbons (Fsp3) is 0.143. The van der Waals surface area contributed by atoms with Gasteiger partial charge < -0.3 is 10.1 Å². The number of benzene rings is 1. The molecule has 2 aliphatic carbocycles. The highest BCUT2D eigenvalue weighted by molar-refractivity contribution is 8.26. The molecule has 1 aromatic carbocycles. The average molecular weight is 389 g/mol. The van der Waals surface area contributed by atoms with E-state index in [9.17, 15) is 4.79 Å². The summed E-state index contributed by atoms with van der Waals surface area (Å²) in [5, 5.41) is 2.60. The molecule has 1 heterocycles. The van der Waals surface area contributed by atoms with Crippen molar-refractivity contribution >= 4 is 53.6 Å². The number of ether oxygens (including phenoxy) is 1. The Labute approximate surface area is 169 Å². The first-order chi connectivity index (χ1) is 13.1. The van der Waals surface area contributed by atoms with E-state index < -0.39 is 0 Å². The molecule has 3 nitrogen and oxygen atoms in total. The van der Waals surface area contributed by atoms with Gasteiger partial charge in [0.15, 0.2) is 0 Å². The fourth-order valence-corrected chi connectivity index (χ4v) is 4.28. The molecular formula is C21H16BNO2S2. The van der Waals surface area contributed by atoms with E-state index in [1.165, 1.54) is 22.9 Å². The molecule has 1 atom stereocenters. The normalized spacial score (nSPS) is 22.4. The van der Waals surface area contributed by atoms with Crippen molar-refractivity contribution in [1.82, 2.24) is 5.32 Å². The summed E-state index contributed by atoms with van der Waals surface area (Å²) in [5.41, 5.74) is 3.85. The predicted molar refractivity (Wildman–Crippen MR) is 116 cm³/mol. The van der Waals surface area contributed by atoms with Gasteiger partial charge in [0, 0.05) is 5.92 Å². The van der Waals surface area contributed by atoms with Crippen LogP contribution in [0.25, 0.3) is 6.08 Å². The van der Waals surface area contributed by atoms with Gasteiger partial charge in [0.2, 0.25) is 0 Å². The van der Waals surface area contributed by atoms with Crippen molar-refractivity contribution in [2.45, 2.75) is 6.42 Å². The van der Waals surface area contributed by atoms with Crippen molar-refractivity contribution in [2.75, 3.05) is 6.61 Å². The second-order valence-corrected chi connectivity index (χ2v) is 8.13. The van der Waals surface area contributed by atoms with E-state index in [4.69, 9.17) is 24.8 Å². The van der Waals surface area contributed by atoms with Crippen LogP contribution in [0.2, 0.25) is 0 Å². The van der Waals surface area contributed by atoms with E-state index in [2.05, 4.69) is 41.8 Å². The second kappa shape index (κ2) is 7.75. The lowest BCUT2D eigenvalue weighted by Gasteiger charge is -2.23. The molecule has 6 heteroatoms. The molecule has 1 amide bonds. The predicted octanol–water partition coefficient (Wildman–Crippen LogP) is 3.35. The first-order valence-electron chi connectivity index (χ1n) is 8.62. The van der Waals surface area contributed by atoms with E-state index in [1.54, 1.807) is 12.1 Å². The molecule has 27 heavy (non-hydrogen) atoms. The highest BCUT2D eigenvalue weighted by atomic mass is 32.2. The Hall–Kier alpha value is -2.31. The van der Waals surface area contributed by atoms with Crippen LogP contribution in [0.3, 0.4) is 0 Å². The maximum Gasteiger partial charge on any atom is 0.263 e. The van der Waals surface area contributed by atoms with Gasteiger partial charge in [0.1, 0.15) is 24.5 Å². The zero-order valence-corrected chi connectivity index (χ0v) is 16.1. The van der Waals surface area contributed by atoms with Crippen LogP contribution in [0.4, 0.5) is 0 Å². The summed E-state index contributed by atoms with van der Waals surface area (Å²) >= 11 is 6.25. The number of thiocarbonyl (C=S) groups is 1. The van der Waals surface area contributed by atoms with Crippen LogP contribution in [0, 0.1) is 5.92 Å². The van der Waals surface area contributed by atoms with Crippen LogP contribution in [0.1, 0.15) is 12.0 Å². The second-order valence-electron chi connectivity index (χ2n) is 6.41. The first kappa shape index (κ1) is 18.1. The number of hydrogen-bond donors (Lipinski definition) is 1. The number of carbonyl (C=O) groups excluding carboxylic acids is 1. The van der Waals surface area contributed by atoms with Crippen LogP contribution < -0.4 is 15.5 Å². The van der Waals surface area contributed by atoms with Gasteiger partial charge in [-0.3, -0.25) is 4.79 Å². The van der Waals surface area contributed by atoms with Crippen molar-refractivity contribution < 1.29 is 9.53 Å². The third-order valence-electron chi connectivity index (χ3n) is 4.57. The molecule has 1 aliphatic heterocycles. The van der Waals surface area contributed by atoms with E-state index in [0.717, 1.165) is 12.0 Å². The molecule has 1 saturated heterocycles. The zero-order valence-electron chi connectivity index (χ0n) is 14.5. The standard InChI is InChI=1S/C21H16BNO2S2/c22-17-10-13(11-19-20(24)23-21(26)27-19)8-9-18(17)25-12-15-6-3-5-14-4-1-2-7-16(14)15/h1-4,6-11,14H,5,12H2,(H,23,24,26)/b19-11+. The van der Waals surface area contributed by atoms with Crippen LogP contribution in [-0.4, -0.2) is 24.7 Å². The molecule has 1 unspecified atom stereocenters. The van der Waals surface area contributed by atoms with Gasteiger partial charge >= 0.3 is 0 Å². The molecule has 0 spiro atoms. The summed E-state index contributed by atoms with van der Waals surface area (Å²) in [5.74, 6) is 0.895. The molecule has 0 bridgehead atoms. The Kier molecular flexibility index (Phi) is 5.19. The van der Waals surface area contributed by atoms with Gasteiger partial charge in [-0.25, -0.2) is 0 Å². The molecule has 2 radical (unpaired) electrons. The van der Waals surface area contributed by atoms with E-state index in [-0.39, 0.29) is 5.91 Å². The van der Waals surface area contributed by atoms with Gasteiger partial charge in [-0.05, 0) is 35.3 Å². The molecule has 1 N–H and O–H groups in total. The Balaban J connectivity index is 1.48. The van der Waals surface area contributed by atoms with Crippen molar-refractivity contribution in [3.05, 3.63) is 76.3 Å². The van der Waals surface area contributed by atoms with Crippen molar-refractivity contribution in [3.63, 3.8) is 0 Å². The Bertz CT molecular complexity index is 972. The highest BCUT2D eigenvalue weighted by Crippen LogP contribution is 2.30. The Morgan fingerprint density at radius 2 is 2.22 bits per heavy atom. The number of thioether (sulfide) groups is 1. The summed E-state index contributed by atoms with van der Waals surface area (Å²) < 4.78 is 6.44. The quantitative estimate of drug-likeness (QED) is 0.487. The molecule has 0 aromatic heterocycles. The number of allylic oxidation sites excluding steroid dienone is 6. The number of nitrogens with one attached hydrogen (secondary N) is 1. The van der Waals surface area contributed by atoms with E-state index in [0.29, 0.717) is 33.0 Å². The third kappa shape index (κ3) is 4.02. The Morgan fingerprint density at radius 1 is 1.33 bits per heavy atom. The minimum atomic E-state index is -0.175. The Morgan fingerprint density at radius 3 is 3.00 bits per heavy atom. The van der Waals surface area contributed by atoms with Gasteiger partial charge in [0.05, 0.1) is 4.91 Å². The number of carbonyl (C=O) groups is 1. The average Bonchev–Trinajstić information content (AvgIpc) is 2.98. The van der Waals surface area contributed by atoms with Crippen LogP contribution in [0.5, 0.6) is 5.75 Å². The molecule has 0 saturated carbocycles. The van der Waals surface area contributed by atoms with Gasteiger partial charge in [-0.15, -0.1) is 0 Å². The third-order valence-corrected chi connectivity index (χ3v) is 5.73. The van der Waals surface area contributed by atoms with Crippen molar-refractivity contribution in [3.8, 4) is 5.75 Å². The molecule has 1 aromatic rings. The first-order valence-corrected chi connectivity index (χ1v) is 9.84. The smallest absolute Gasteiger partial charge is 0.263 e. The largest absolute Gasteiger partial charge is 0.490 e. The molecule has 1 fully saturated rings. The van der Waals surface area contributed by atoms with Crippen LogP contribution in [0.15, 0.2) is 70.7 Å². The lowest BCUT2D eigenvalue weighted by molar-refractivity contribution is -0.115. The summed E-state index contributed by atoms with van der Waals surface area (Å²) in [6.45, 7) is 0.470. The van der Waals surface area contributed by atoms with Crippen molar-refractivity contribution in [1.29, 1.82) is 0 Å². The fourth-order valence-electron chi connectivity index (χ4n) is 3.24. The summed E-state index contributed by atoms with van der Waals surface area (Å²) in [6.07, 6.45) is 15.6. The maximum absolute atomic E-state index is 11.8. The number of amides is 1. The van der Waals surface area contributed by atoms with Gasteiger partial charge in [-0.2, -0.15) is 0 Å². The van der Waals surface area contributed by atoms with E-state index >= 15 is 0 Å². The molecular weight excluding hydrogens is 373 g/mol. The van der Waals surface area contributed by atoms with Crippen LogP contribution >= 0.6 is 24.0 Å². The zero-order chi connectivity index (χ0) is 18.8. The lowest BCUT2D eigenvalue weighted by Crippen LogP contribution is -2.17. The summed E-state index contributed by atoms with van der Waals surface area (Å²) in [6, 6.07) is 5.52. The number of hydrogen-bond acceptors (Lipinski definition) is 4. The monoisotopic (exact) mass is 389 g/mol. The maximum atomic E-state index is 11.8. The summed E-state index contributed by atoms with van der Waals surface area (Å²) in [7, 11) is 6.16. The highest BCUT2D eigenvalue weighted by Gasteiger charge is 2.22.